The molecule has 0 fully saturated rings. The third-order valence-corrected chi connectivity index (χ3v) is 6.90. The van der Waals surface area contributed by atoms with Gasteiger partial charge in [0, 0.05) is 22.7 Å². The van der Waals surface area contributed by atoms with E-state index >= 15 is 0 Å². The van der Waals surface area contributed by atoms with E-state index in [1.807, 2.05) is 0 Å². The SMILES string of the molecule is COc1cc(OC)c(/C=C(/C(=O)c2ccc(Cl)cc2)S(=O)(=O)Cc2ccc(F)cc2)c(OC)c1. The Kier molecular flexibility index (Phi) is 7.96. The van der Waals surface area contributed by atoms with E-state index in [9.17, 15) is 17.6 Å². The van der Waals surface area contributed by atoms with Gasteiger partial charge in [0.25, 0.3) is 0 Å². The van der Waals surface area contributed by atoms with Crippen molar-refractivity contribution in [3.05, 3.63) is 93.1 Å². The zero-order valence-corrected chi connectivity index (χ0v) is 20.2. The van der Waals surface area contributed by atoms with Crippen molar-refractivity contribution in [2.45, 2.75) is 5.75 Å². The van der Waals surface area contributed by atoms with Gasteiger partial charge >= 0.3 is 0 Å². The molecule has 3 aromatic carbocycles. The fraction of sp³-hybridized carbons (Fsp3) is 0.160. The van der Waals surface area contributed by atoms with Crippen molar-refractivity contribution < 1.29 is 31.8 Å². The normalized spacial score (nSPS) is 11.7. The molecule has 0 aliphatic heterocycles. The number of carbonyl (C=O) groups excluding carboxylic acids is 1. The summed E-state index contributed by atoms with van der Waals surface area (Å²) in [5.41, 5.74) is 0.695. The first kappa shape index (κ1) is 25.3. The molecule has 9 heteroatoms. The first-order chi connectivity index (χ1) is 16.2. The molecule has 34 heavy (non-hydrogen) atoms. The van der Waals surface area contributed by atoms with E-state index in [1.165, 1.54) is 63.8 Å². The minimum atomic E-state index is -4.20. The predicted octanol–water partition coefficient (Wildman–Crippen LogP) is 5.34. The van der Waals surface area contributed by atoms with Gasteiger partial charge in [0.05, 0.1) is 32.6 Å². The van der Waals surface area contributed by atoms with Gasteiger partial charge in [-0.1, -0.05) is 23.7 Å². The molecule has 178 valence electrons. The molecule has 0 atom stereocenters. The van der Waals surface area contributed by atoms with Crippen molar-refractivity contribution in [1.82, 2.24) is 0 Å². The second kappa shape index (κ2) is 10.7. The fourth-order valence-electron chi connectivity index (χ4n) is 3.22. The molecule has 0 aromatic heterocycles. The Balaban J connectivity index is 2.21. The molecule has 0 radical (unpaired) electrons. The molecule has 0 heterocycles. The van der Waals surface area contributed by atoms with Crippen molar-refractivity contribution >= 4 is 33.3 Å². The van der Waals surface area contributed by atoms with Crippen LogP contribution in [0.25, 0.3) is 6.08 Å². The molecule has 0 unspecified atom stereocenters. The summed E-state index contributed by atoms with van der Waals surface area (Å²) in [4.78, 5) is 12.9. The lowest BCUT2D eigenvalue weighted by molar-refractivity contribution is 0.104. The highest BCUT2D eigenvalue weighted by molar-refractivity contribution is 7.95. The van der Waals surface area contributed by atoms with Crippen LogP contribution in [0.2, 0.25) is 5.02 Å². The monoisotopic (exact) mass is 504 g/mol. The number of rotatable bonds is 9. The van der Waals surface area contributed by atoms with Crippen LogP contribution in [0.4, 0.5) is 4.39 Å². The lowest BCUT2D eigenvalue weighted by atomic mass is 10.1. The Morgan fingerprint density at radius 2 is 1.47 bits per heavy atom. The van der Waals surface area contributed by atoms with Gasteiger partial charge < -0.3 is 14.2 Å². The zero-order chi connectivity index (χ0) is 24.9. The quantitative estimate of drug-likeness (QED) is 0.289. The minimum absolute atomic E-state index is 0.129. The molecule has 0 N–H and O–H groups in total. The van der Waals surface area contributed by atoms with Gasteiger partial charge in [-0.2, -0.15) is 0 Å². The topological polar surface area (TPSA) is 78.9 Å². The average molecular weight is 505 g/mol. The van der Waals surface area contributed by atoms with Crippen molar-refractivity contribution in [2.24, 2.45) is 0 Å². The Bertz CT molecular complexity index is 1290. The van der Waals surface area contributed by atoms with E-state index in [1.54, 1.807) is 12.1 Å². The fourth-order valence-corrected chi connectivity index (χ4v) is 4.83. The largest absolute Gasteiger partial charge is 0.496 e. The summed E-state index contributed by atoms with van der Waals surface area (Å²) in [5, 5.41) is 0.398. The first-order valence-electron chi connectivity index (χ1n) is 9.97. The number of carbonyl (C=O) groups is 1. The maximum atomic E-state index is 13.5. The van der Waals surface area contributed by atoms with Crippen LogP contribution in [-0.2, 0) is 15.6 Å². The van der Waals surface area contributed by atoms with Gasteiger partial charge in [0.15, 0.2) is 9.84 Å². The highest BCUT2D eigenvalue weighted by Crippen LogP contribution is 2.37. The van der Waals surface area contributed by atoms with Crippen LogP contribution in [-0.4, -0.2) is 35.5 Å². The number of Topliss-reactive ketones (excluding diaryl/α,β-unsaturated/α-hetero) is 1. The summed E-state index contributed by atoms with van der Waals surface area (Å²) in [6, 6.07) is 14.0. The molecule has 3 rings (SSSR count). The van der Waals surface area contributed by atoms with Gasteiger partial charge in [-0.05, 0) is 48.0 Å². The first-order valence-corrected chi connectivity index (χ1v) is 12.0. The number of benzene rings is 3. The second-order valence-electron chi connectivity index (χ2n) is 7.18. The van der Waals surface area contributed by atoms with Crippen LogP contribution < -0.4 is 14.2 Å². The van der Waals surface area contributed by atoms with Crippen LogP contribution in [0, 0.1) is 5.82 Å². The Morgan fingerprint density at radius 1 is 0.912 bits per heavy atom. The molecule has 6 nitrogen and oxygen atoms in total. The molecule has 0 saturated carbocycles. The Morgan fingerprint density at radius 3 is 1.97 bits per heavy atom. The highest BCUT2D eigenvalue weighted by Gasteiger charge is 2.28. The maximum Gasteiger partial charge on any atom is 0.204 e. The molecule has 0 bridgehead atoms. The second-order valence-corrected chi connectivity index (χ2v) is 9.57. The summed E-state index contributed by atoms with van der Waals surface area (Å²) in [7, 11) is 0.0729. The molecular weight excluding hydrogens is 483 g/mol. The van der Waals surface area contributed by atoms with Crippen molar-refractivity contribution in [2.75, 3.05) is 21.3 Å². The third-order valence-electron chi connectivity index (χ3n) is 4.96. The number of methoxy groups -OCH3 is 3. The number of sulfone groups is 1. The van der Waals surface area contributed by atoms with Gasteiger partial charge in [0.2, 0.25) is 5.78 Å². The van der Waals surface area contributed by atoms with Gasteiger partial charge in [-0.3, -0.25) is 4.79 Å². The molecule has 0 spiro atoms. The molecular formula is C25H22ClFO6S. The van der Waals surface area contributed by atoms with Gasteiger partial charge in [0.1, 0.15) is 28.0 Å². The van der Waals surface area contributed by atoms with Gasteiger partial charge in [-0.25, -0.2) is 12.8 Å². The maximum absolute atomic E-state index is 13.5. The standard InChI is InChI=1S/C25H22ClFO6S/c1-31-20-12-22(32-2)21(23(13-20)33-3)14-24(25(28)17-6-8-18(26)9-7-17)34(29,30)15-16-4-10-19(27)11-5-16/h4-14H,15H2,1-3H3/b24-14-. The van der Waals surface area contributed by atoms with E-state index in [2.05, 4.69) is 0 Å². The number of allylic oxidation sites excluding steroid dienone is 1. The molecule has 0 amide bonds. The van der Waals surface area contributed by atoms with Crippen LogP contribution in [0.3, 0.4) is 0 Å². The van der Waals surface area contributed by atoms with E-state index in [0.717, 1.165) is 12.1 Å². The Hall–Kier alpha value is -3.36. The van der Waals surface area contributed by atoms with Crippen LogP contribution in [0.1, 0.15) is 21.5 Å². The van der Waals surface area contributed by atoms with E-state index in [-0.39, 0.29) is 22.6 Å². The highest BCUT2D eigenvalue weighted by atomic mass is 35.5. The van der Waals surface area contributed by atoms with Crippen molar-refractivity contribution in [1.29, 1.82) is 0 Å². The smallest absolute Gasteiger partial charge is 0.204 e. The lowest BCUT2D eigenvalue weighted by Gasteiger charge is -2.15. The van der Waals surface area contributed by atoms with Crippen LogP contribution in [0.5, 0.6) is 17.2 Å². The number of ketones is 1. The van der Waals surface area contributed by atoms with E-state index in [4.69, 9.17) is 25.8 Å². The predicted molar refractivity (Wildman–Crippen MR) is 129 cm³/mol. The van der Waals surface area contributed by atoms with E-state index < -0.39 is 32.1 Å². The number of hydrogen-bond acceptors (Lipinski definition) is 6. The third kappa shape index (κ3) is 5.76. The minimum Gasteiger partial charge on any atom is -0.496 e. The molecule has 0 aliphatic carbocycles. The summed E-state index contributed by atoms with van der Waals surface area (Å²) in [5.74, 6) is -0.838. The average Bonchev–Trinajstić information content (AvgIpc) is 2.83. The van der Waals surface area contributed by atoms with Gasteiger partial charge in [-0.15, -0.1) is 0 Å². The summed E-state index contributed by atoms with van der Waals surface area (Å²) in [6.07, 6.45) is 1.22. The van der Waals surface area contributed by atoms with Crippen LogP contribution in [0.15, 0.2) is 65.6 Å². The molecule has 0 aliphatic rings. The molecule has 3 aromatic rings. The van der Waals surface area contributed by atoms with E-state index in [0.29, 0.717) is 16.3 Å². The zero-order valence-electron chi connectivity index (χ0n) is 18.7. The number of hydrogen-bond donors (Lipinski definition) is 0. The number of ether oxygens (including phenoxy) is 3. The van der Waals surface area contributed by atoms with Crippen molar-refractivity contribution in [3.8, 4) is 17.2 Å². The Labute approximate surface area is 202 Å². The number of halogens is 2. The summed E-state index contributed by atoms with van der Waals surface area (Å²) >= 11 is 5.92. The summed E-state index contributed by atoms with van der Waals surface area (Å²) in [6.45, 7) is 0. The summed E-state index contributed by atoms with van der Waals surface area (Å²) < 4.78 is 56.3. The van der Waals surface area contributed by atoms with Crippen LogP contribution >= 0.6 is 11.6 Å². The molecule has 0 saturated heterocycles. The van der Waals surface area contributed by atoms with Crippen molar-refractivity contribution in [3.63, 3.8) is 0 Å². The lowest BCUT2D eigenvalue weighted by Crippen LogP contribution is -2.16.